The molecule has 0 fully saturated rings. The maximum Gasteiger partial charge on any atom is 0.411 e. The lowest BCUT2D eigenvalue weighted by atomic mass is 10.1. The first-order valence-corrected chi connectivity index (χ1v) is 9.40. The van der Waals surface area contributed by atoms with E-state index in [1.54, 1.807) is 25.1 Å². The van der Waals surface area contributed by atoms with E-state index >= 15 is 0 Å². The minimum Gasteiger partial charge on any atom is -0.450 e. The lowest BCUT2D eigenvalue weighted by Gasteiger charge is -2.25. The quantitative estimate of drug-likeness (QED) is 0.685. The molecule has 2 aromatic carbocycles. The Balaban J connectivity index is 1.68. The third-order valence-electron chi connectivity index (χ3n) is 5.04. The molecule has 1 N–H and O–H groups in total. The predicted octanol–water partition coefficient (Wildman–Crippen LogP) is 4.31. The van der Waals surface area contributed by atoms with Gasteiger partial charge in [-0.1, -0.05) is 18.2 Å². The van der Waals surface area contributed by atoms with Gasteiger partial charge in [0.25, 0.3) is 0 Å². The maximum absolute atomic E-state index is 12.1. The highest BCUT2D eigenvalue weighted by molar-refractivity contribution is 5.90. The van der Waals surface area contributed by atoms with Gasteiger partial charge in [-0.25, -0.2) is 9.59 Å². The van der Waals surface area contributed by atoms with Crippen molar-refractivity contribution < 1.29 is 13.9 Å². The summed E-state index contributed by atoms with van der Waals surface area (Å²) in [5.74, 6) is 0. The summed E-state index contributed by atoms with van der Waals surface area (Å²) >= 11 is 0. The Morgan fingerprint density at radius 2 is 2.07 bits per heavy atom. The number of anilines is 2. The summed E-state index contributed by atoms with van der Waals surface area (Å²) < 4.78 is 10.3. The zero-order valence-corrected chi connectivity index (χ0v) is 15.9. The highest BCUT2D eigenvalue weighted by Crippen LogP contribution is 2.34. The molecule has 2 heterocycles. The lowest BCUT2D eigenvalue weighted by molar-refractivity contribution is 0.168. The van der Waals surface area contributed by atoms with E-state index < -0.39 is 11.7 Å². The topological polar surface area (TPSA) is 71.8 Å². The van der Waals surface area contributed by atoms with E-state index in [0.29, 0.717) is 23.9 Å². The summed E-state index contributed by atoms with van der Waals surface area (Å²) in [7, 11) is 0. The Bertz CT molecular complexity index is 1090. The molecular weight excluding hydrogens is 356 g/mol. The molecule has 1 amide bonds. The Labute approximate surface area is 162 Å². The number of nitrogens with one attached hydrogen (secondary N) is 1. The van der Waals surface area contributed by atoms with Gasteiger partial charge < -0.3 is 14.1 Å². The van der Waals surface area contributed by atoms with Crippen LogP contribution in [0.5, 0.6) is 0 Å². The summed E-state index contributed by atoms with van der Waals surface area (Å²) in [6.45, 7) is 4.83. The largest absolute Gasteiger partial charge is 0.450 e. The molecule has 0 saturated heterocycles. The number of carbonyl (C=O) groups excluding carboxylic acids is 1. The van der Waals surface area contributed by atoms with Gasteiger partial charge in [-0.05, 0) is 49.6 Å². The van der Waals surface area contributed by atoms with E-state index in [4.69, 9.17) is 9.15 Å². The summed E-state index contributed by atoms with van der Waals surface area (Å²) in [5.41, 5.74) is 3.98. The van der Waals surface area contributed by atoms with Gasteiger partial charge in [-0.15, -0.1) is 0 Å². The van der Waals surface area contributed by atoms with Crippen LogP contribution in [0, 0.1) is 0 Å². The summed E-state index contributed by atoms with van der Waals surface area (Å²) in [5, 5.41) is 3.49. The van der Waals surface area contributed by atoms with E-state index in [9.17, 15) is 9.59 Å². The van der Waals surface area contributed by atoms with Gasteiger partial charge in [0.05, 0.1) is 6.61 Å². The molecule has 0 radical (unpaired) electrons. The van der Waals surface area contributed by atoms with Crippen molar-refractivity contribution in [3.63, 3.8) is 0 Å². The van der Waals surface area contributed by atoms with Gasteiger partial charge in [-0.2, -0.15) is 0 Å². The fourth-order valence-electron chi connectivity index (χ4n) is 3.78. The van der Waals surface area contributed by atoms with Crippen molar-refractivity contribution in [3.05, 3.63) is 70.1 Å². The van der Waals surface area contributed by atoms with Crippen LogP contribution in [0.2, 0.25) is 0 Å². The number of benzene rings is 2. The molecule has 1 aliphatic heterocycles. The van der Waals surface area contributed by atoms with Crippen LogP contribution >= 0.6 is 0 Å². The molecule has 3 aromatic rings. The van der Waals surface area contributed by atoms with Gasteiger partial charge in [0.2, 0.25) is 0 Å². The van der Waals surface area contributed by atoms with Gasteiger partial charge >= 0.3 is 11.7 Å². The highest BCUT2D eigenvalue weighted by Gasteiger charge is 2.26. The first-order valence-electron chi connectivity index (χ1n) is 9.40. The average Bonchev–Trinajstić information content (AvgIpc) is 2.97. The minimum absolute atomic E-state index is 0.286. The van der Waals surface area contributed by atoms with Gasteiger partial charge in [0.1, 0.15) is 5.58 Å². The summed E-state index contributed by atoms with van der Waals surface area (Å²) in [6.07, 6.45) is 0.450. The number of carbonyl (C=O) groups is 1. The van der Waals surface area contributed by atoms with E-state index in [1.807, 2.05) is 12.1 Å². The van der Waals surface area contributed by atoms with Crippen molar-refractivity contribution in [2.45, 2.75) is 32.9 Å². The van der Waals surface area contributed by atoms with E-state index in [0.717, 1.165) is 17.4 Å². The van der Waals surface area contributed by atoms with E-state index in [-0.39, 0.29) is 6.61 Å². The highest BCUT2D eigenvalue weighted by atomic mass is 16.5. The van der Waals surface area contributed by atoms with Crippen molar-refractivity contribution in [2.24, 2.45) is 0 Å². The standard InChI is InChI=1S/C22H22N2O4/c1-3-27-22(26)23-17-8-9-18-16(11-21(25)28-20(18)12-17)13-24-14(2)10-15-6-4-5-7-19(15)24/h4-9,11-12,14H,3,10,13H2,1-2H3,(H,23,26)/t14-/m1/s1. The molecule has 1 atom stereocenters. The van der Waals surface area contributed by atoms with Crippen LogP contribution in [0.25, 0.3) is 11.0 Å². The summed E-state index contributed by atoms with van der Waals surface area (Å²) in [6, 6.07) is 15.6. The number of rotatable bonds is 4. The Hall–Kier alpha value is -3.28. The number of ether oxygens (including phenoxy) is 1. The fourth-order valence-corrected chi connectivity index (χ4v) is 3.78. The third kappa shape index (κ3) is 3.45. The molecule has 4 rings (SSSR count). The first-order chi connectivity index (χ1) is 13.5. The molecule has 0 saturated carbocycles. The number of nitrogens with zero attached hydrogens (tertiary/aromatic N) is 1. The zero-order valence-electron chi connectivity index (χ0n) is 15.9. The van der Waals surface area contributed by atoms with Crippen molar-refractivity contribution in [1.29, 1.82) is 0 Å². The SMILES string of the molecule is CCOC(=O)Nc1ccc2c(CN3c4ccccc4C[C@H]3C)cc(=O)oc2c1. The molecule has 28 heavy (non-hydrogen) atoms. The second-order valence-corrected chi connectivity index (χ2v) is 6.96. The van der Waals surface area contributed by atoms with Crippen molar-refractivity contribution in [2.75, 3.05) is 16.8 Å². The molecular formula is C22H22N2O4. The van der Waals surface area contributed by atoms with Crippen LogP contribution in [0.4, 0.5) is 16.2 Å². The molecule has 0 unspecified atom stereocenters. The average molecular weight is 378 g/mol. The van der Waals surface area contributed by atoms with Gasteiger partial charge in [0, 0.05) is 41.5 Å². The number of hydrogen-bond donors (Lipinski definition) is 1. The first kappa shape index (κ1) is 18.1. The van der Waals surface area contributed by atoms with E-state index in [2.05, 4.69) is 35.3 Å². The van der Waals surface area contributed by atoms with Gasteiger partial charge in [0.15, 0.2) is 0 Å². The lowest BCUT2D eigenvalue weighted by Crippen LogP contribution is -2.29. The number of amides is 1. The fraction of sp³-hybridized carbons (Fsp3) is 0.273. The van der Waals surface area contributed by atoms with Crippen molar-refractivity contribution >= 4 is 28.4 Å². The van der Waals surface area contributed by atoms with Crippen LogP contribution < -0.4 is 15.8 Å². The number of para-hydroxylation sites is 1. The van der Waals surface area contributed by atoms with Crippen LogP contribution in [-0.2, 0) is 17.7 Å². The Morgan fingerprint density at radius 3 is 2.89 bits per heavy atom. The molecule has 0 aliphatic carbocycles. The second kappa shape index (κ2) is 7.38. The normalized spacial score (nSPS) is 15.5. The molecule has 0 spiro atoms. The molecule has 1 aliphatic rings. The second-order valence-electron chi connectivity index (χ2n) is 6.96. The molecule has 1 aromatic heterocycles. The van der Waals surface area contributed by atoms with Crippen LogP contribution in [-0.4, -0.2) is 18.7 Å². The van der Waals surface area contributed by atoms with E-state index in [1.165, 1.54) is 11.3 Å². The number of fused-ring (bicyclic) bond motifs is 2. The molecule has 0 bridgehead atoms. The Morgan fingerprint density at radius 1 is 1.25 bits per heavy atom. The van der Waals surface area contributed by atoms with Crippen LogP contribution in [0.1, 0.15) is 25.0 Å². The van der Waals surface area contributed by atoms with Crippen molar-refractivity contribution in [1.82, 2.24) is 0 Å². The maximum atomic E-state index is 12.1. The van der Waals surface area contributed by atoms with Crippen LogP contribution in [0.3, 0.4) is 0 Å². The van der Waals surface area contributed by atoms with Gasteiger partial charge in [-0.3, -0.25) is 5.32 Å². The van der Waals surface area contributed by atoms with Crippen molar-refractivity contribution in [3.8, 4) is 0 Å². The van der Waals surface area contributed by atoms with Crippen LogP contribution in [0.15, 0.2) is 57.7 Å². The predicted molar refractivity (Wildman–Crippen MR) is 109 cm³/mol. The molecule has 6 heteroatoms. The summed E-state index contributed by atoms with van der Waals surface area (Å²) in [4.78, 5) is 26.1. The smallest absolute Gasteiger partial charge is 0.411 e. The third-order valence-corrected chi connectivity index (χ3v) is 5.04. The zero-order chi connectivity index (χ0) is 19.7. The Kier molecular flexibility index (Phi) is 4.77. The minimum atomic E-state index is -0.539. The number of hydrogen-bond acceptors (Lipinski definition) is 5. The molecule has 6 nitrogen and oxygen atoms in total. The monoisotopic (exact) mass is 378 g/mol. The molecule has 144 valence electrons.